The van der Waals surface area contributed by atoms with Gasteiger partial charge in [-0.15, -0.1) is 0 Å². The molecule has 0 amide bonds. The molecule has 0 spiro atoms. The molecule has 1 aliphatic carbocycles. The van der Waals surface area contributed by atoms with Crippen molar-refractivity contribution in [1.29, 1.82) is 0 Å². The van der Waals surface area contributed by atoms with E-state index in [1.54, 1.807) is 6.07 Å². The molecule has 1 aromatic rings. The number of hydrogen-bond acceptors (Lipinski definition) is 5. The Morgan fingerprint density at radius 3 is 2.89 bits per heavy atom. The Bertz CT molecular complexity index is 464. The zero-order chi connectivity index (χ0) is 13.8. The standard InChI is InChI=1S/C13H18N2O4/c1-19-12-6-10(5-11(7-12)15(17)18)14-13-4-2-3-9(13)8-16/h5-7,9,13-14,16H,2-4,8H2,1H3. The number of benzene rings is 1. The van der Waals surface area contributed by atoms with E-state index in [9.17, 15) is 15.2 Å². The van der Waals surface area contributed by atoms with Crippen LogP contribution in [-0.4, -0.2) is 29.8 Å². The van der Waals surface area contributed by atoms with Crippen molar-refractivity contribution in [1.82, 2.24) is 0 Å². The van der Waals surface area contributed by atoms with Gasteiger partial charge in [-0.3, -0.25) is 10.1 Å². The summed E-state index contributed by atoms with van der Waals surface area (Å²) in [5.74, 6) is 0.667. The van der Waals surface area contributed by atoms with Crippen molar-refractivity contribution in [3.63, 3.8) is 0 Å². The van der Waals surface area contributed by atoms with E-state index in [-0.39, 0.29) is 24.3 Å². The van der Waals surface area contributed by atoms with E-state index in [1.807, 2.05) is 0 Å². The number of methoxy groups -OCH3 is 1. The van der Waals surface area contributed by atoms with Crippen molar-refractivity contribution in [2.75, 3.05) is 19.0 Å². The lowest BCUT2D eigenvalue weighted by molar-refractivity contribution is -0.384. The molecule has 0 saturated heterocycles. The topological polar surface area (TPSA) is 84.6 Å². The predicted octanol–water partition coefficient (Wildman–Crippen LogP) is 2.18. The maximum absolute atomic E-state index is 10.9. The molecule has 1 saturated carbocycles. The van der Waals surface area contributed by atoms with E-state index < -0.39 is 4.92 Å². The van der Waals surface area contributed by atoms with E-state index in [0.29, 0.717) is 11.4 Å². The summed E-state index contributed by atoms with van der Waals surface area (Å²) in [5, 5.41) is 23.4. The Morgan fingerprint density at radius 1 is 1.47 bits per heavy atom. The molecule has 0 bridgehead atoms. The van der Waals surface area contributed by atoms with E-state index >= 15 is 0 Å². The van der Waals surface area contributed by atoms with Crippen LogP contribution in [0.3, 0.4) is 0 Å². The van der Waals surface area contributed by atoms with Crippen LogP contribution in [0.15, 0.2) is 18.2 Å². The number of anilines is 1. The minimum atomic E-state index is -0.439. The van der Waals surface area contributed by atoms with Gasteiger partial charge in [0.05, 0.1) is 18.1 Å². The number of rotatable bonds is 5. The molecule has 1 aliphatic rings. The van der Waals surface area contributed by atoms with E-state index in [2.05, 4.69) is 5.32 Å². The number of non-ortho nitro benzene ring substituents is 1. The largest absolute Gasteiger partial charge is 0.496 e. The quantitative estimate of drug-likeness (QED) is 0.630. The second-order valence-electron chi connectivity index (χ2n) is 4.80. The van der Waals surface area contributed by atoms with Gasteiger partial charge in [-0.1, -0.05) is 6.42 Å². The predicted molar refractivity (Wildman–Crippen MR) is 71.5 cm³/mol. The second-order valence-corrected chi connectivity index (χ2v) is 4.80. The lowest BCUT2D eigenvalue weighted by Gasteiger charge is -2.20. The molecule has 104 valence electrons. The minimum absolute atomic E-state index is 0.000366. The fourth-order valence-corrected chi connectivity index (χ4v) is 2.55. The van der Waals surface area contributed by atoms with Gasteiger partial charge < -0.3 is 15.2 Å². The molecular formula is C13H18N2O4. The number of hydrogen-bond donors (Lipinski definition) is 2. The highest BCUT2D eigenvalue weighted by molar-refractivity contribution is 5.57. The van der Waals surface area contributed by atoms with Crippen LogP contribution >= 0.6 is 0 Å². The van der Waals surface area contributed by atoms with Crippen LogP contribution in [0, 0.1) is 16.0 Å². The summed E-state index contributed by atoms with van der Waals surface area (Å²) in [6.45, 7) is 0.143. The van der Waals surface area contributed by atoms with Crippen molar-refractivity contribution in [2.45, 2.75) is 25.3 Å². The third-order valence-corrected chi connectivity index (χ3v) is 3.58. The second kappa shape index (κ2) is 5.88. The van der Waals surface area contributed by atoms with Crippen LogP contribution in [0.1, 0.15) is 19.3 Å². The smallest absolute Gasteiger partial charge is 0.275 e. The van der Waals surface area contributed by atoms with Crippen molar-refractivity contribution >= 4 is 11.4 Å². The SMILES string of the molecule is COc1cc(NC2CCCC2CO)cc([N+](=O)[O-])c1. The van der Waals surface area contributed by atoms with Gasteiger partial charge >= 0.3 is 0 Å². The number of nitrogens with one attached hydrogen (secondary N) is 1. The average molecular weight is 266 g/mol. The van der Waals surface area contributed by atoms with Crippen LogP contribution in [-0.2, 0) is 0 Å². The highest BCUT2D eigenvalue weighted by Crippen LogP contribution is 2.31. The highest BCUT2D eigenvalue weighted by Gasteiger charge is 2.26. The lowest BCUT2D eigenvalue weighted by atomic mass is 10.0. The summed E-state index contributed by atoms with van der Waals surface area (Å²) in [6, 6.07) is 4.79. The van der Waals surface area contributed by atoms with Crippen molar-refractivity contribution in [3.8, 4) is 5.75 Å². The Kier molecular flexibility index (Phi) is 4.21. The number of nitro benzene ring substituents is 1. The minimum Gasteiger partial charge on any atom is -0.496 e. The summed E-state index contributed by atoms with van der Waals surface area (Å²) < 4.78 is 5.07. The van der Waals surface area contributed by atoms with Crippen LogP contribution in [0.5, 0.6) is 5.75 Å². The van der Waals surface area contributed by atoms with Crippen LogP contribution in [0.2, 0.25) is 0 Å². The zero-order valence-electron chi connectivity index (χ0n) is 10.8. The first-order chi connectivity index (χ1) is 9.13. The van der Waals surface area contributed by atoms with Crippen LogP contribution in [0.25, 0.3) is 0 Å². The van der Waals surface area contributed by atoms with E-state index in [4.69, 9.17) is 4.74 Å². The summed E-state index contributed by atoms with van der Waals surface area (Å²) >= 11 is 0. The van der Waals surface area contributed by atoms with E-state index in [0.717, 1.165) is 19.3 Å². The number of aliphatic hydroxyl groups excluding tert-OH is 1. The Balaban J connectivity index is 2.19. The Hall–Kier alpha value is -1.82. The van der Waals surface area contributed by atoms with Crippen molar-refractivity contribution in [2.24, 2.45) is 5.92 Å². The van der Waals surface area contributed by atoms with Gasteiger partial charge in [-0.05, 0) is 12.8 Å². The van der Waals surface area contributed by atoms with Gasteiger partial charge in [0, 0.05) is 36.4 Å². The van der Waals surface area contributed by atoms with Crippen molar-refractivity contribution in [3.05, 3.63) is 28.3 Å². The van der Waals surface area contributed by atoms with Gasteiger partial charge in [-0.25, -0.2) is 0 Å². The van der Waals surface area contributed by atoms with Gasteiger partial charge in [0.1, 0.15) is 5.75 Å². The fraction of sp³-hybridized carbons (Fsp3) is 0.538. The molecule has 2 unspecified atom stereocenters. The summed E-state index contributed by atoms with van der Waals surface area (Å²) in [5.41, 5.74) is 0.664. The first-order valence-corrected chi connectivity index (χ1v) is 6.35. The zero-order valence-corrected chi connectivity index (χ0v) is 10.8. The number of nitro groups is 1. The third kappa shape index (κ3) is 3.14. The summed E-state index contributed by atoms with van der Waals surface area (Å²) in [6.07, 6.45) is 3.02. The molecule has 0 aromatic heterocycles. The van der Waals surface area contributed by atoms with E-state index in [1.165, 1.54) is 19.2 Å². The number of nitrogens with zero attached hydrogens (tertiary/aromatic N) is 1. The lowest BCUT2D eigenvalue weighted by Crippen LogP contribution is -2.26. The van der Waals surface area contributed by atoms with Gasteiger partial charge in [0.15, 0.2) is 0 Å². The monoisotopic (exact) mass is 266 g/mol. The first kappa shape index (κ1) is 13.6. The fourth-order valence-electron chi connectivity index (χ4n) is 2.55. The maximum Gasteiger partial charge on any atom is 0.275 e. The summed E-state index contributed by atoms with van der Waals surface area (Å²) in [7, 11) is 1.48. The maximum atomic E-state index is 10.9. The average Bonchev–Trinajstić information content (AvgIpc) is 2.85. The van der Waals surface area contributed by atoms with Crippen LogP contribution in [0.4, 0.5) is 11.4 Å². The van der Waals surface area contributed by atoms with Gasteiger partial charge in [0.2, 0.25) is 0 Å². The Labute approximate surface area is 111 Å². The normalized spacial score (nSPS) is 22.2. The molecule has 1 fully saturated rings. The molecule has 19 heavy (non-hydrogen) atoms. The number of ether oxygens (including phenoxy) is 1. The first-order valence-electron chi connectivity index (χ1n) is 6.35. The molecule has 0 aliphatic heterocycles. The molecule has 0 heterocycles. The molecule has 2 rings (SSSR count). The summed E-state index contributed by atoms with van der Waals surface area (Å²) in [4.78, 5) is 10.4. The molecule has 6 heteroatoms. The number of aliphatic hydroxyl groups is 1. The van der Waals surface area contributed by atoms with Crippen molar-refractivity contribution < 1.29 is 14.8 Å². The molecular weight excluding hydrogens is 248 g/mol. The van der Waals surface area contributed by atoms with Gasteiger partial charge in [-0.2, -0.15) is 0 Å². The Morgan fingerprint density at radius 2 is 2.26 bits per heavy atom. The molecule has 2 N–H and O–H groups in total. The van der Waals surface area contributed by atoms with Gasteiger partial charge in [0.25, 0.3) is 5.69 Å². The molecule has 2 atom stereocenters. The molecule has 1 aromatic carbocycles. The molecule has 6 nitrogen and oxygen atoms in total. The highest BCUT2D eigenvalue weighted by atomic mass is 16.6. The third-order valence-electron chi connectivity index (χ3n) is 3.58. The van der Waals surface area contributed by atoms with Crippen LogP contribution < -0.4 is 10.1 Å². The molecule has 0 radical (unpaired) electrons.